The lowest BCUT2D eigenvalue weighted by Gasteiger charge is -2.05. The zero-order valence-corrected chi connectivity index (χ0v) is 9.23. The van der Waals surface area contributed by atoms with Gasteiger partial charge in [-0.1, -0.05) is 0 Å². The molecule has 0 fully saturated rings. The molecule has 1 aromatic rings. The number of benzene rings is 1. The van der Waals surface area contributed by atoms with Crippen LogP contribution in [0.2, 0.25) is 0 Å². The summed E-state index contributed by atoms with van der Waals surface area (Å²) < 4.78 is 18.1. The molecule has 0 bridgehead atoms. The molecular weight excluding hydrogens is 215 g/mol. The van der Waals surface area contributed by atoms with Gasteiger partial charge >= 0.3 is 0 Å². The minimum Gasteiger partial charge on any atom is -0.398 e. The van der Waals surface area contributed by atoms with Gasteiger partial charge in [-0.05, 0) is 18.2 Å². The molecule has 4 N–H and O–H groups in total. The minimum absolute atomic E-state index is 0.269. The zero-order valence-electron chi connectivity index (χ0n) is 8.41. The second kappa shape index (κ2) is 6.66. The van der Waals surface area contributed by atoms with Crippen LogP contribution in [0.15, 0.2) is 23.1 Å². The lowest BCUT2D eigenvalue weighted by Crippen LogP contribution is -2.09. The molecule has 15 heavy (non-hydrogen) atoms. The normalized spacial score (nSPS) is 10.5. The quantitative estimate of drug-likeness (QED) is 0.441. The van der Waals surface area contributed by atoms with Crippen molar-refractivity contribution in [1.29, 1.82) is 0 Å². The maximum absolute atomic E-state index is 12.9. The van der Waals surface area contributed by atoms with Gasteiger partial charge in [0.05, 0.1) is 13.2 Å². The smallest absolute Gasteiger partial charge is 0.124 e. The average molecular weight is 230 g/mol. The predicted octanol–water partition coefficient (Wildman–Crippen LogP) is 1.48. The number of hydrogen-bond donors (Lipinski definition) is 2. The summed E-state index contributed by atoms with van der Waals surface area (Å²) in [4.78, 5) is 0.756. The first-order valence-electron chi connectivity index (χ1n) is 4.69. The molecule has 0 saturated carbocycles. The average Bonchev–Trinajstić information content (AvgIpc) is 2.23. The third-order valence-corrected chi connectivity index (χ3v) is 2.76. The molecular formula is C10H15FN2OS. The molecule has 0 radical (unpaired) electrons. The van der Waals surface area contributed by atoms with Crippen LogP contribution in [0.4, 0.5) is 10.1 Å². The SMILES string of the molecule is NCCOCCSc1cc(F)ccc1N. The number of thioether (sulfide) groups is 1. The molecule has 5 heteroatoms. The van der Waals surface area contributed by atoms with E-state index in [-0.39, 0.29) is 5.82 Å². The molecule has 0 aromatic heterocycles. The van der Waals surface area contributed by atoms with E-state index in [9.17, 15) is 4.39 Å². The summed E-state index contributed by atoms with van der Waals surface area (Å²) in [5.74, 6) is 0.475. The Morgan fingerprint density at radius 2 is 2.13 bits per heavy atom. The Balaban J connectivity index is 2.33. The summed E-state index contributed by atoms with van der Waals surface area (Å²) >= 11 is 1.48. The fourth-order valence-electron chi connectivity index (χ4n) is 1.03. The summed E-state index contributed by atoms with van der Waals surface area (Å²) in [5.41, 5.74) is 11.5. The number of anilines is 1. The van der Waals surface area contributed by atoms with Crippen molar-refractivity contribution >= 4 is 17.4 Å². The molecule has 0 spiro atoms. The molecule has 0 aliphatic rings. The van der Waals surface area contributed by atoms with Crippen molar-refractivity contribution in [3.8, 4) is 0 Å². The standard InChI is InChI=1S/C10H15FN2OS/c11-8-1-2-9(13)10(7-8)15-6-5-14-4-3-12/h1-2,7H,3-6,12-13H2. The molecule has 0 saturated heterocycles. The van der Waals surface area contributed by atoms with Crippen LogP contribution in [0.1, 0.15) is 0 Å². The molecule has 0 atom stereocenters. The van der Waals surface area contributed by atoms with Crippen molar-refractivity contribution < 1.29 is 9.13 Å². The number of hydrogen-bond acceptors (Lipinski definition) is 4. The Labute approximate surface area is 93.0 Å². The summed E-state index contributed by atoms with van der Waals surface area (Å²) in [5, 5.41) is 0. The topological polar surface area (TPSA) is 61.3 Å². The molecule has 0 aliphatic carbocycles. The highest BCUT2D eigenvalue weighted by molar-refractivity contribution is 7.99. The van der Waals surface area contributed by atoms with Crippen LogP contribution in [0.25, 0.3) is 0 Å². The van der Waals surface area contributed by atoms with Crippen LogP contribution in [0.3, 0.4) is 0 Å². The van der Waals surface area contributed by atoms with Crippen LogP contribution < -0.4 is 11.5 Å². The minimum atomic E-state index is -0.269. The molecule has 3 nitrogen and oxygen atoms in total. The van der Waals surface area contributed by atoms with E-state index in [1.165, 1.54) is 23.9 Å². The van der Waals surface area contributed by atoms with Gasteiger partial charge in [0.15, 0.2) is 0 Å². The van der Waals surface area contributed by atoms with Gasteiger partial charge in [0.1, 0.15) is 5.82 Å². The van der Waals surface area contributed by atoms with Crippen molar-refractivity contribution in [2.75, 3.05) is 31.2 Å². The lowest BCUT2D eigenvalue weighted by atomic mass is 10.3. The van der Waals surface area contributed by atoms with Crippen molar-refractivity contribution in [1.82, 2.24) is 0 Å². The van der Waals surface area contributed by atoms with Crippen molar-refractivity contribution in [3.63, 3.8) is 0 Å². The molecule has 1 rings (SSSR count). The van der Waals surface area contributed by atoms with Crippen molar-refractivity contribution in [3.05, 3.63) is 24.0 Å². The van der Waals surface area contributed by atoms with E-state index in [2.05, 4.69) is 0 Å². The Bertz CT molecular complexity index is 309. The maximum atomic E-state index is 12.9. The van der Waals surface area contributed by atoms with Gasteiger partial charge in [-0.2, -0.15) is 0 Å². The lowest BCUT2D eigenvalue weighted by molar-refractivity contribution is 0.158. The maximum Gasteiger partial charge on any atom is 0.124 e. The van der Waals surface area contributed by atoms with Crippen LogP contribution in [0, 0.1) is 5.82 Å². The second-order valence-corrected chi connectivity index (χ2v) is 4.07. The van der Waals surface area contributed by atoms with Gasteiger partial charge in [-0.25, -0.2) is 4.39 Å². The molecule has 0 unspecified atom stereocenters. The Morgan fingerprint density at radius 1 is 1.33 bits per heavy atom. The number of ether oxygens (including phenoxy) is 1. The van der Waals surface area contributed by atoms with Gasteiger partial charge in [0, 0.05) is 22.9 Å². The van der Waals surface area contributed by atoms with Crippen LogP contribution in [-0.4, -0.2) is 25.5 Å². The number of nitrogens with two attached hydrogens (primary N) is 2. The van der Waals surface area contributed by atoms with E-state index in [0.717, 1.165) is 10.6 Å². The summed E-state index contributed by atoms with van der Waals surface area (Å²) in [7, 11) is 0. The third kappa shape index (κ3) is 4.51. The van der Waals surface area contributed by atoms with E-state index in [1.54, 1.807) is 6.07 Å². The molecule has 0 aliphatic heterocycles. The number of halogens is 1. The second-order valence-electron chi connectivity index (χ2n) is 2.93. The van der Waals surface area contributed by atoms with Gasteiger partial charge in [-0.15, -0.1) is 11.8 Å². The fraction of sp³-hybridized carbons (Fsp3) is 0.400. The molecule has 84 valence electrons. The Morgan fingerprint density at radius 3 is 2.87 bits per heavy atom. The first kappa shape index (κ1) is 12.3. The fourth-order valence-corrected chi connectivity index (χ4v) is 1.88. The van der Waals surface area contributed by atoms with Gasteiger partial charge < -0.3 is 16.2 Å². The summed E-state index contributed by atoms with van der Waals surface area (Å²) in [6.45, 7) is 1.67. The third-order valence-electron chi connectivity index (χ3n) is 1.72. The highest BCUT2D eigenvalue weighted by atomic mass is 32.2. The van der Waals surface area contributed by atoms with E-state index >= 15 is 0 Å². The van der Waals surface area contributed by atoms with Crippen molar-refractivity contribution in [2.45, 2.75) is 4.90 Å². The van der Waals surface area contributed by atoms with E-state index in [1.807, 2.05) is 0 Å². The largest absolute Gasteiger partial charge is 0.398 e. The van der Waals surface area contributed by atoms with Crippen molar-refractivity contribution in [2.24, 2.45) is 5.73 Å². The van der Waals surface area contributed by atoms with Gasteiger partial charge in [-0.3, -0.25) is 0 Å². The Kier molecular flexibility index (Phi) is 5.45. The van der Waals surface area contributed by atoms with Crippen LogP contribution >= 0.6 is 11.8 Å². The molecule has 0 heterocycles. The summed E-state index contributed by atoms with van der Waals surface area (Å²) in [6.07, 6.45) is 0. The van der Waals surface area contributed by atoms with Gasteiger partial charge in [0.2, 0.25) is 0 Å². The van der Waals surface area contributed by atoms with E-state index in [0.29, 0.717) is 25.4 Å². The van der Waals surface area contributed by atoms with Crippen LogP contribution in [-0.2, 0) is 4.74 Å². The van der Waals surface area contributed by atoms with Gasteiger partial charge in [0.25, 0.3) is 0 Å². The van der Waals surface area contributed by atoms with Crippen LogP contribution in [0.5, 0.6) is 0 Å². The monoisotopic (exact) mass is 230 g/mol. The molecule has 1 aromatic carbocycles. The highest BCUT2D eigenvalue weighted by Gasteiger charge is 2.01. The van der Waals surface area contributed by atoms with E-state index < -0.39 is 0 Å². The first-order chi connectivity index (χ1) is 7.24. The first-order valence-corrected chi connectivity index (χ1v) is 5.68. The highest BCUT2D eigenvalue weighted by Crippen LogP contribution is 2.25. The molecule has 0 amide bonds. The van der Waals surface area contributed by atoms with E-state index in [4.69, 9.17) is 16.2 Å². The number of nitrogen functional groups attached to an aromatic ring is 1. The zero-order chi connectivity index (χ0) is 11.1. The summed E-state index contributed by atoms with van der Waals surface area (Å²) in [6, 6.07) is 4.35. The number of rotatable bonds is 6. The Hall–Kier alpha value is -0.780. The predicted molar refractivity (Wildman–Crippen MR) is 61.4 cm³/mol.